The lowest BCUT2D eigenvalue weighted by Crippen LogP contribution is -2.52. The van der Waals surface area contributed by atoms with Crippen molar-refractivity contribution in [2.24, 2.45) is 23.7 Å². The molecule has 136 valence electrons. The maximum absolute atomic E-state index is 13.1. The zero-order valence-electron chi connectivity index (χ0n) is 13.5. The van der Waals surface area contributed by atoms with Crippen LogP contribution in [0.1, 0.15) is 46.0 Å². The summed E-state index contributed by atoms with van der Waals surface area (Å²) in [6, 6.07) is 0. The van der Waals surface area contributed by atoms with Crippen molar-refractivity contribution in [1.29, 1.82) is 0 Å². The minimum absolute atomic E-state index is 0.0201. The van der Waals surface area contributed by atoms with Crippen molar-refractivity contribution in [3.8, 4) is 0 Å². The number of hydrogen-bond acceptors (Lipinski definition) is 4. The van der Waals surface area contributed by atoms with Crippen LogP contribution in [-0.2, 0) is 14.9 Å². The van der Waals surface area contributed by atoms with Crippen LogP contribution in [0.25, 0.3) is 0 Å². The van der Waals surface area contributed by atoms with E-state index in [1.807, 2.05) is 6.92 Å². The first-order chi connectivity index (χ1) is 10.5. The maximum Gasteiger partial charge on any atom is 0.392 e. The van der Waals surface area contributed by atoms with Crippen LogP contribution < -0.4 is 0 Å². The molecule has 0 aliphatic heterocycles. The number of fused-ring (bicyclic) bond motifs is 2. The van der Waals surface area contributed by atoms with Gasteiger partial charge in [0.2, 0.25) is 0 Å². The van der Waals surface area contributed by atoms with Crippen molar-refractivity contribution in [2.75, 3.05) is 13.2 Å². The first-order valence-corrected chi connectivity index (χ1v) is 9.58. The molecule has 0 aromatic carbocycles. The van der Waals surface area contributed by atoms with Crippen LogP contribution in [0.4, 0.5) is 8.78 Å². The number of alkyl halides is 2. The van der Waals surface area contributed by atoms with E-state index in [-0.39, 0.29) is 24.4 Å². The molecular formula is C15H26F2O5S. The fourth-order valence-corrected chi connectivity index (χ4v) is 4.70. The fourth-order valence-electron chi connectivity index (χ4n) is 4.46. The van der Waals surface area contributed by atoms with Gasteiger partial charge in [-0.15, -0.1) is 0 Å². The van der Waals surface area contributed by atoms with E-state index < -0.39 is 27.6 Å². The largest absolute Gasteiger partial charge is 0.392 e. The lowest BCUT2D eigenvalue weighted by molar-refractivity contribution is -0.136. The average molecular weight is 356 g/mol. The van der Waals surface area contributed by atoms with E-state index in [9.17, 15) is 22.3 Å². The van der Waals surface area contributed by atoms with Gasteiger partial charge < -0.3 is 9.84 Å². The van der Waals surface area contributed by atoms with Crippen LogP contribution in [0, 0.1) is 23.7 Å². The third-order valence-corrected chi connectivity index (χ3v) is 6.59. The smallest absolute Gasteiger partial charge is 0.389 e. The summed E-state index contributed by atoms with van der Waals surface area (Å²) in [5.74, 6) is 0.834. The van der Waals surface area contributed by atoms with E-state index >= 15 is 0 Å². The van der Waals surface area contributed by atoms with Crippen molar-refractivity contribution >= 4 is 10.1 Å². The lowest BCUT2D eigenvalue weighted by Gasteiger charge is -2.52. The zero-order chi connectivity index (χ0) is 17.5. The van der Waals surface area contributed by atoms with E-state index in [1.165, 1.54) is 0 Å². The SMILES string of the molecule is CCC1(O)C(C)CC2CC(COCC(F)(F)S(=O)(=O)O)CC1C2. The Labute approximate surface area is 136 Å². The molecule has 2 aliphatic carbocycles. The molecule has 2 saturated carbocycles. The Balaban J connectivity index is 1.92. The summed E-state index contributed by atoms with van der Waals surface area (Å²) in [5.41, 5.74) is -0.715. The summed E-state index contributed by atoms with van der Waals surface area (Å²) in [7, 11) is -5.45. The number of rotatable bonds is 6. The Hall–Kier alpha value is -0.310. The summed E-state index contributed by atoms with van der Waals surface area (Å²) < 4.78 is 60.7. The summed E-state index contributed by atoms with van der Waals surface area (Å²) >= 11 is 0. The Morgan fingerprint density at radius 1 is 1.26 bits per heavy atom. The van der Waals surface area contributed by atoms with Crippen LogP contribution in [0.5, 0.6) is 0 Å². The van der Waals surface area contributed by atoms with Gasteiger partial charge in [0.1, 0.15) is 6.61 Å². The first-order valence-electron chi connectivity index (χ1n) is 8.14. The average Bonchev–Trinajstić information content (AvgIpc) is 2.43. The molecule has 5 unspecified atom stereocenters. The molecule has 23 heavy (non-hydrogen) atoms. The molecule has 0 aromatic heterocycles. The molecule has 5 atom stereocenters. The molecule has 2 N–H and O–H groups in total. The van der Waals surface area contributed by atoms with Gasteiger partial charge in [-0.05, 0) is 55.8 Å². The van der Waals surface area contributed by atoms with Gasteiger partial charge in [-0.3, -0.25) is 4.55 Å². The molecule has 5 nitrogen and oxygen atoms in total. The van der Waals surface area contributed by atoms with Gasteiger partial charge in [0, 0.05) is 6.61 Å². The first kappa shape index (κ1) is 19.0. The van der Waals surface area contributed by atoms with Gasteiger partial charge in [-0.2, -0.15) is 17.2 Å². The van der Waals surface area contributed by atoms with Gasteiger partial charge in [-0.1, -0.05) is 13.8 Å². The van der Waals surface area contributed by atoms with E-state index in [0.29, 0.717) is 18.8 Å². The van der Waals surface area contributed by atoms with Gasteiger partial charge in [0.25, 0.3) is 0 Å². The number of halogens is 2. The minimum atomic E-state index is -5.45. The fraction of sp³-hybridized carbons (Fsp3) is 1.00. The summed E-state index contributed by atoms with van der Waals surface area (Å²) in [5, 5.41) is 6.58. The van der Waals surface area contributed by atoms with Gasteiger partial charge in [-0.25, -0.2) is 0 Å². The van der Waals surface area contributed by atoms with Crippen molar-refractivity contribution in [3.05, 3.63) is 0 Å². The van der Waals surface area contributed by atoms with Crippen molar-refractivity contribution < 1.29 is 31.6 Å². The van der Waals surface area contributed by atoms with Crippen LogP contribution in [-0.4, -0.2) is 42.1 Å². The molecule has 2 fully saturated rings. The van der Waals surface area contributed by atoms with E-state index in [0.717, 1.165) is 19.3 Å². The third kappa shape index (κ3) is 3.86. The number of ether oxygens (including phenoxy) is 1. The van der Waals surface area contributed by atoms with Crippen molar-refractivity contribution in [1.82, 2.24) is 0 Å². The summed E-state index contributed by atoms with van der Waals surface area (Å²) in [6.07, 6.45) is 4.07. The Morgan fingerprint density at radius 2 is 1.91 bits per heavy atom. The topological polar surface area (TPSA) is 83.8 Å². The van der Waals surface area contributed by atoms with Crippen LogP contribution >= 0.6 is 0 Å². The number of hydrogen-bond donors (Lipinski definition) is 2. The molecule has 0 aromatic rings. The summed E-state index contributed by atoms with van der Waals surface area (Å²) in [6.45, 7) is 2.70. The minimum Gasteiger partial charge on any atom is -0.389 e. The van der Waals surface area contributed by atoms with Gasteiger partial charge in [0.05, 0.1) is 5.60 Å². The summed E-state index contributed by atoms with van der Waals surface area (Å²) in [4.78, 5) is 0. The van der Waals surface area contributed by atoms with Gasteiger partial charge >= 0.3 is 15.4 Å². The standard InChI is InChI=1S/C15H26F2O5S/c1-3-14(18)10(2)4-11-5-12(7-13(14)6-11)8-22-9-15(16,17)23(19,20)21/h10-13,18H,3-9H2,1-2H3,(H,19,20,21). The Bertz CT molecular complexity index is 522. The van der Waals surface area contributed by atoms with E-state index in [1.54, 1.807) is 0 Å². The zero-order valence-corrected chi connectivity index (χ0v) is 14.4. The lowest BCUT2D eigenvalue weighted by atomic mass is 9.57. The monoisotopic (exact) mass is 356 g/mol. The second kappa shape index (κ2) is 6.54. The molecule has 8 heteroatoms. The Morgan fingerprint density at radius 3 is 2.48 bits per heavy atom. The van der Waals surface area contributed by atoms with E-state index in [4.69, 9.17) is 9.29 Å². The maximum atomic E-state index is 13.1. The molecule has 0 radical (unpaired) electrons. The van der Waals surface area contributed by atoms with E-state index in [2.05, 4.69) is 6.92 Å². The normalized spacial score (nSPS) is 38.5. The predicted octanol–water partition coefficient (Wildman–Crippen LogP) is 2.70. The quantitative estimate of drug-likeness (QED) is 0.715. The Kier molecular flexibility index (Phi) is 5.41. The second-order valence-corrected chi connectivity index (χ2v) is 8.79. The molecule has 0 amide bonds. The van der Waals surface area contributed by atoms with Gasteiger partial charge in [0.15, 0.2) is 0 Å². The highest BCUT2D eigenvalue weighted by atomic mass is 32.2. The molecule has 2 aliphatic rings. The molecule has 0 saturated heterocycles. The highest BCUT2D eigenvalue weighted by molar-refractivity contribution is 7.86. The third-order valence-electron chi connectivity index (χ3n) is 5.72. The van der Waals surface area contributed by atoms with Crippen LogP contribution in [0.2, 0.25) is 0 Å². The number of aliphatic hydroxyl groups is 1. The predicted molar refractivity (Wildman–Crippen MR) is 80.7 cm³/mol. The van der Waals surface area contributed by atoms with Crippen LogP contribution in [0.15, 0.2) is 0 Å². The molecule has 2 rings (SSSR count). The molecular weight excluding hydrogens is 330 g/mol. The second-order valence-electron chi connectivity index (χ2n) is 7.25. The molecule has 0 spiro atoms. The van der Waals surface area contributed by atoms with Crippen molar-refractivity contribution in [3.63, 3.8) is 0 Å². The highest BCUT2D eigenvalue weighted by Crippen LogP contribution is 2.51. The molecule has 2 bridgehead atoms. The molecule has 0 heterocycles. The highest BCUT2D eigenvalue weighted by Gasteiger charge is 2.49. The van der Waals surface area contributed by atoms with Crippen LogP contribution in [0.3, 0.4) is 0 Å². The van der Waals surface area contributed by atoms with Crippen molar-refractivity contribution in [2.45, 2.75) is 56.8 Å².